The van der Waals surface area contributed by atoms with Crippen molar-refractivity contribution in [3.63, 3.8) is 0 Å². The van der Waals surface area contributed by atoms with Gasteiger partial charge >= 0.3 is 0 Å². The maximum absolute atomic E-state index is 6.01. The van der Waals surface area contributed by atoms with E-state index in [1.165, 1.54) is 0 Å². The molecule has 0 saturated heterocycles. The first-order chi connectivity index (χ1) is 9.28. The average molecular weight is 295 g/mol. The molecule has 3 aromatic rings. The molecule has 3 nitrogen and oxygen atoms in total. The molecule has 1 aromatic carbocycles. The third-order valence-corrected chi connectivity index (χ3v) is 3.45. The zero-order chi connectivity index (χ0) is 13.2. The molecular formula is C14H12Cl2N2O. The minimum absolute atomic E-state index is 0.544. The van der Waals surface area contributed by atoms with Crippen LogP contribution in [0.15, 0.2) is 41.2 Å². The summed E-state index contributed by atoms with van der Waals surface area (Å²) in [5.41, 5.74) is 3.06. The molecule has 0 radical (unpaired) electrons. The fourth-order valence-electron chi connectivity index (χ4n) is 2.17. The van der Waals surface area contributed by atoms with Crippen molar-refractivity contribution in [3.8, 4) is 0 Å². The van der Waals surface area contributed by atoms with Crippen LogP contribution in [0.2, 0.25) is 5.02 Å². The molecule has 0 fully saturated rings. The van der Waals surface area contributed by atoms with Gasteiger partial charge in [0.2, 0.25) is 0 Å². The van der Waals surface area contributed by atoms with Crippen LogP contribution >= 0.6 is 23.2 Å². The molecule has 0 spiro atoms. The van der Waals surface area contributed by atoms with Gasteiger partial charge in [-0.05, 0) is 24.3 Å². The lowest BCUT2D eigenvalue weighted by Crippen LogP contribution is -2.05. The van der Waals surface area contributed by atoms with Gasteiger partial charge in [-0.25, -0.2) is 4.98 Å². The lowest BCUT2D eigenvalue weighted by Gasteiger charge is -2.06. The molecule has 2 aromatic heterocycles. The van der Waals surface area contributed by atoms with Crippen LogP contribution in [-0.2, 0) is 13.0 Å². The standard InChI is InChI=1S/C14H12Cl2N2O/c15-5-3-14-17-12-7-11(16)1-2-13(12)18(14)8-10-4-6-19-9-10/h1-2,4,6-7,9H,3,5,8H2. The molecule has 0 bridgehead atoms. The summed E-state index contributed by atoms with van der Waals surface area (Å²) in [5.74, 6) is 1.51. The molecule has 0 aliphatic rings. The highest BCUT2D eigenvalue weighted by Gasteiger charge is 2.11. The second-order valence-corrected chi connectivity index (χ2v) is 5.13. The summed E-state index contributed by atoms with van der Waals surface area (Å²) in [5, 5.41) is 0.692. The third-order valence-electron chi connectivity index (χ3n) is 3.03. The van der Waals surface area contributed by atoms with E-state index in [0.29, 0.717) is 10.9 Å². The van der Waals surface area contributed by atoms with Crippen molar-refractivity contribution < 1.29 is 4.42 Å². The molecule has 98 valence electrons. The first-order valence-corrected chi connectivity index (χ1v) is 6.91. The summed E-state index contributed by atoms with van der Waals surface area (Å²) in [6.07, 6.45) is 4.14. The Morgan fingerprint density at radius 3 is 2.89 bits per heavy atom. The Balaban J connectivity index is 2.10. The van der Waals surface area contributed by atoms with Crippen molar-refractivity contribution in [1.29, 1.82) is 0 Å². The lowest BCUT2D eigenvalue weighted by atomic mass is 10.3. The highest BCUT2D eigenvalue weighted by molar-refractivity contribution is 6.31. The number of aromatic nitrogens is 2. The van der Waals surface area contributed by atoms with E-state index < -0.39 is 0 Å². The van der Waals surface area contributed by atoms with Crippen LogP contribution in [0.4, 0.5) is 0 Å². The maximum Gasteiger partial charge on any atom is 0.111 e. The minimum atomic E-state index is 0.544. The van der Waals surface area contributed by atoms with E-state index in [9.17, 15) is 0 Å². The number of fused-ring (bicyclic) bond motifs is 1. The third kappa shape index (κ3) is 2.48. The van der Waals surface area contributed by atoms with Gasteiger partial charge < -0.3 is 8.98 Å². The molecule has 0 saturated carbocycles. The number of benzene rings is 1. The molecule has 2 heterocycles. The summed E-state index contributed by atoms with van der Waals surface area (Å²) in [6.45, 7) is 0.723. The van der Waals surface area contributed by atoms with Crippen molar-refractivity contribution >= 4 is 34.2 Å². The van der Waals surface area contributed by atoms with Crippen molar-refractivity contribution in [2.75, 3.05) is 5.88 Å². The topological polar surface area (TPSA) is 31.0 Å². The Labute approximate surface area is 120 Å². The zero-order valence-corrected chi connectivity index (χ0v) is 11.7. The van der Waals surface area contributed by atoms with Crippen molar-refractivity contribution in [3.05, 3.63) is 53.2 Å². The van der Waals surface area contributed by atoms with Gasteiger partial charge in [-0.2, -0.15) is 0 Å². The number of hydrogen-bond acceptors (Lipinski definition) is 2. The highest BCUT2D eigenvalue weighted by Crippen LogP contribution is 2.22. The number of furan rings is 1. The second-order valence-electron chi connectivity index (χ2n) is 4.32. The van der Waals surface area contributed by atoms with E-state index in [4.69, 9.17) is 27.6 Å². The largest absolute Gasteiger partial charge is 0.472 e. The maximum atomic E-state index is 6.01. The van der Waals surface area contributed by atoms with Crippen LogP contribution in [0.1, 0.15) is 11.4 Å². The zero-order valence-electron chi connectivity index (χ0n) is 10.1. The van der Waals surface area contributed by atoms with Crippen LogP contribution in [-0.4, -0.2) is 15.4 Å². The fraction of sp³-hybridized carbons (Fsp3) is 0.214. The van der Waals surface area contributed by atoms with Gasteiger partial charge in [0, 0.05) is 22.9 Å². The summed E-state index contributed by atoms with van der Waals surface area (Å²) in [6, 6.07) is 7.69. The van der Waals surface area contributed by atoms with Crippen LogP contribution in [0.25, 0.3) is 11.0 Å². The number of rotatable bonds is 4. The molecule has 5 heteroatoms. The Morgan fingerprint density at radius 1 is 1.26 bits per heavy atom. The highest BCUT2D eigenvalue weighted by atomic mass is 35.5. The summed E-state index contributed by atoms with van der Waals surface area (Å²) < 4.78 is 7.27. The molecule has 0 amide bonds. The fourth-order valence-corrected chi connectivity index (χ4v) is 2.51. The lowest BCUT2D eigenvalue weighted by molar-refractivity contribution is 0.562. The second kappa shape index (κ2) is 5.27. The van der Waals surface area contributed by atoms with Crippen LogP contribution in [0.3, 0.4) is 0 Å². The number of imidazole rings is 1. The van der Waals surface area contributed by atoms with Crippen molar-refractivity contribution in [2.24, 2.45) is 0 Å². The molecular weight excluding hydrogens is 283 g/mol. The predicted molar refractivity (Wildman–Crippen MR) is 77.0 cm³/mol. The van der Waals surface area contributed by atoms with Crippen LogP contribution in [0.5, 0.6) is 0 Å². The van der Waals surface area contributed by atoms with E-state index in [1.54, 1.807) is 12.5 Å². The summed E-state index contributed by atoms with van der Waals surface area (Å²) in [4.78, 5) is 4.61. The first kappa shape index (κ1) is 12.6. The first-order valence-electron chi connectivity index (χ1n) is 5.99. The Kier molecular flexibility index (Phi) is 3.49. The Hall–Kier alpha value is -1.45. The van der Waals surface area contributed by atoms with Crippen LogP contribution < -0.4 is 0 Å². The summed E-state index contributed by atoms with van der Waals surface area (Å²) in [7, 11) is 0. The smallest absolute Gasteiger partial charge is 0.111 e. The van der Waals surface area contributed by atoms with Gasteiger partial charge in [-0.1, -0.05) is 11.6 Å². The van der Waals surface area contributed by atoms with Crippen molar-refractivity contribution in [1.82, 2.24) is 9.55 Å². The van der Waals surface area contributed by atoms with Gasteiger partial charge in [-0.3, -0.25) is 0 Å². The number of hydrogen-bond donors (Lipinski definition) is 0. The number of aryl methyl sites for hydroxylation is 1. The van der Waals surface area contributed by atoms with Gasteiger partial charge in [0.15, 0.2) is 0 Å². The van der Waals surface area contributed by atoms with E-state index in [-0.39, 0.29) is 0 Å². The SMILES string of the molecule is ClCCc1nc2cc(Cl)ccc2n1Cc1ccoc1. The van der Waals surface area contributed by atoms with E-state index in [0.717, 1.165) is 35.4 Å². The number of alkyl halides is 1. The quantitative estimate of drug-likeness (QED) is 0.678. The van der Waals surface area contributed by atoms with E-state index >= 15 is 0 Å². The molecule has 0 N–H and O–H groups in total. The van der Waals surface area contributed by atoms with Gasteiger partial charge in [0.05, 0.1) is 30.1 Å². The summed E-state index contributed by atoms with van der Waals surface area (Å²) >= 11 is 11.9. The van der Waals surface area contributed by atoms with E-state index in [2.05, 4.69) is 9.55 Å². The number of halogens is 2. The number of nitrogens with zero attached hydrogens (tertiary/aromatic N) is 2. The molecule has 0 aliphatic carbocycles. The molecule has 0 unspecified atom stereocenters. The molecule has 0 aliphatic heterocycles. The Bertz CT molecular complexity index is 689. The normalized spacial score (nSPS) is 11.3. The van der Waals surface area contributed by atoms with Gasteiger partial charge in [0.1, 0.15) is 5.82 Å². The predicted octanol–water partition coefficient (Wildman–Crippen LogP) is 4.11. The van der Waals surface area contributed by atoms with Gasteiger partial charge in [0.25, 0.3) is 0 Å². The van der Waals surface area contributed by atoms with E-state index in [1.807, 2.05) is 24.3 Å². The molecule has 3 rings (SSSR count). The van der Waals surface area contributed by atoms with Crippen molar-refractivity contribution in [2.45, 2.75) is 13.0 Å². The van der Waals surface area contributed by atoms with Crippen LogP contribution in [0, 0.1) is 0 Å². The Morgan fingerprint density at radius 2 is 2.16 bits per heavy atom. The minimum Gasteiger partial charge on any atom is -0.472 e. The van der Waals surface area contributed by atoms with Gasteiger partial charge in [-0.15, -0.1) is 11.6 Å². The average Bonchev–Trinajstić information content (AvgIpc) is 2.99. The monoisotopic (exact) mass is 294 g/mol. The molecule has 19 heavy (non-hydrogen) atoms. The molecule has 0 atom stereocenters.